The highest BCUT2D eigenvalue weighted by Gasteiger charge is 2.20. The van der Waals surface area contributed by atoms with E-state index in [1.807, 2.05) is 11.0 Å². The molecule has 0 radical (unpaired) electrons. The third-order valence-corrected chi connectivity index (χ3v) is 5.82. The molecule has 1 atom stereocenters. The topological polar surface area (TPSA) is 56.7 Å². The van der Waals surface area contributed by atoms with Crippen molar-refractivity contribution in [1.82, 2.24) is 15.5 Å². The number of nitrogens with zero attached hydrogens (tertiary/aromatic N) is 2. The van der Waals surface area contributed by atoms with E-state index in [2.05, 4.69) is 58.3 Å². The quantitative estimate of drug-likeness (QED) is 0.628. The summed E-state index contributed by atoms with van der Waals surface area (Å²) < 4.78 is 0. The lowest BCUT2D eigenvalue weighted by Gasteiger charge is -2.29. The summed E-state index contributed by atoms with van der Waals surface area (Å²) in [5.41, 5.74) is 2.60. The molecule has 1 unspecified atom stereocenters. The molecule has 0 bridgehead atoms. The Balaban J connectivity index is 1.46. The standard InChI is InChI=1S/C20H26N4OS/c1-15(18-8-5-11-26-18)12-22-20(21-2)23-13-19(25)24-10-9-16-6-3-4-7-17(16)14-24/h3-8,11,15H,9-10,12-14H2,1-2H3,(H2,21,22,23). The van der Waals surface area contributed by atoms with Crippen molar-refractivity contribution in [3.05, 3.63) is 57.8 Å². The van der Waals surface area contributed by atoms with Gasteiger partial charge in [-0.15, -0.1) is 11.3 Å². The summed E-state index contributed by atoms with van der Waals surface area (Å²) in [6.45, 7) is 4.69. The molecular weight excluding hydrogens is 344 g/mol. The maximum absolute atomic E-state index is 12.5. The van der Waals surface area contributed by atoms with Crippen LogP contribution in [0.1, 0.15) is 28.8 Å². The van der Waals surface area contributed by atoms with Gasteiger partial charge in [0, 0.05) is 37.5 Å². The third-order valence-electron chi connectivity index (χ3n) is 4.72. The number of guanidine groups is 1. The van der Waals surface area contributed by atoms with Gasteiger partial charge in [-0.05, 0) is 29.0 Å². The van der Waals surface area contributed by atoms with E-state index in [4.69, 9.17) is 0 Å². The molecule has 6 heteroatoms. The molecule has 5 nitrogen and oxygen atoms in total. The molecular formula is C20H26N4OS. The fourth-order valence-corrected chi connectivity index (χ4v) is 3.91. The van der Waals surface area contributed by atoms with Crippen molar-refractivity contribution in [1.29, 1.82) is 0 Å². The van der Waals surface area contributed by atoms with Crippen molar-refractivity contribution < 1.29 is 4.79 Å². The molecule has 0 saturated carbocycles. The van der Waals surface area contributed by atoms with E-state index >= 15 is 0 Å². The highest BCUT2D eigenvalue weighted by molar-refractivity contribution is 7.10. The van der Waals surface area contributed by atoms with Gasteiger partial charge in [-0.25, -0.2) is 0 Å². The van der Waals surface area contributed by atoms with Crippen LogP contribution in [0, 0.1) is 0 Å². The monoisotopic (exact) mass is 370 g/mol. The molecule has 138 valence electrons. The van der Waals surface area contributed by atoms with Crippen LogP contribution in [0.2, 0.25) is 0 Å². The molecule has 26 heavy (non-hydrogen) atoms. The Bertz CT molecular complexity index is 757. The van der Waals surface area contributed by atoms with Crippen molar-refractivity contribution >= 4 is 23.2 Å². The van der Waals surface area contributed by atoms with E-state index in [1.165, 1.54) is 16.0 Å². The summed E-state index contributed by atoms with van der Waals surface area (Å²) in [7, 11) is 1.73. The van der Waals surface area contributed by atoms with E-state index < -0.39 is 0 Å². The lowest BCUT2D eigenvalue weighted by Crippen LogP contribution is -2.46. The number of benzene rings is 1. The Kier molecular flexibility index (Phi) is 6.28. The lowest BCUT2D eigenvalue weighted by atomic mass is 10.00. The molecule has 0 fully saturated rings. The zero-order valence-corrected chi connectivity index (χ0v) is 16.2. The Morgan fingerprint density at radius 3 is 2.77 bits per heavy atom. The first-order valence-electron chi connectivity index (χ1n) is 9.00. The Hall–Kier alpha value is -2.34. The van der Waals surface area contributed by atoms with Gasteiger partial charge in [-0.2, -0.15) is 0 Å². The highest BCUT2D eigenvalue weighted by Crippen LogP contribution is 2.20. The molecule has 2 aromatic rings. The second-order valence-electron chi connectivity index (χ2n) is 6.56. The van der Waals surface area contributed by atoms with Crippen molar-refractivity contribution in [3.8, 4) is 0 Å². The predicted octanol–water partition coefficient (Wildman–Crippen LogP) is 2.60. The number of aliphatic imine (C=N–C) groups is 1. The van der Waals surface area contributed by atoms with Gasteiger partial charge in [0.25, 0.3) is 0 Å². The van der Waals surface area contributed by atoms with Crippen LogP contribution in [0.4, 0.5) is 0 Å². The number of carbonyl (C=O) groups is 1. The molecule has 1 amide bonds. The lowest BCUT2D eigenvalue weighted by molar-refractivity contribution is -0.130. The van der Waals surface area contributed by atoms with Crippen LogP contribution in [-0.4, -0.2) is 43.4 Å². The van der Waals surface area contributed by atoms with Crippen LogP contribution in [0.25, 0.3) is 0 Å². The van der Waals surface area contributed by atoms with Crippen LogP contribution in [0.5, 0.6) is 0 Å². The maximum Gasteiger partial charge on any atom is 0.242 e. The van der Waals surface area contributed by atoms with Crippen molar-refractivity contribution in [2.75, 3.05) is 26.7 Å². The molecule has 1 aliphatic heterocycles. The molecule has 1 aromatic heterocycles. The largest absolute Gasteiger partial charge is 0.356 e. The minimum atomic E-state index is 0.105. The zero-order chi connectivity index (χ0) is 18.4. The Labute approximate surface area is 159 Å². The summed E-state index contributed by atoms with van der Waals surface area (Å²) in [6.07, 6.45) is 0.924. The second-order valence-corrected chi connectivity index (χ2v) is 7.54. The highest BCUT2D eigenvalue weighted by atomic mass is 32.1. The van der Waals surface area contributed by atoms with Crippen molar-refractivity contribution in [3.63, 3.8) is 0 Å². The van der Waals surface area contributed by atoms with Crippen LogP contribution < -0.4 is 10.6 Å². The first-order valence-corrected chi connectivity index (χ1v) is 9.88. The Morgan fingerprint density at radius 2 is 2.04 bits per heavy atom. The van der Waals surface area contributed by atoms with E-state index in [0.717, 1.165) is 19.5 Å². The molecule has 1 aliphatic rings. The number of hydrogen-bond acceptors (Lipinski definition) is 3. The zero-order valence-electron chi connectivity index (χ0n) is 15.4. The minimum Gasteiger partial charge on any atom is -0.356 e. The van der Waals surface area contributed by atoms with Gasteiger partial charge in [0.05, 0.1) is 6.54 Å². The van der Waals surface area contributed by atoms with Crippen LogP contribution in [0.15, 0.2) is 46.8 Å². The SMILES string of the molecule is CN=C(NCC(=O)N1CCc2ccccc2C1)NCC(C)c1cccs1. The average molecular weight is 371 g/mol. The van der Waals surface area contributed by atoms with Gasteiger partial charge < -0.3 is 15.5 Å². The Morgan fingerprint density at radius 1 is 1.23 bits per heavy atom. The van der Waals surface area contributed by atoms with Crippen LogP contribution in [0.3, 0.4) is 0 Å². The number of thiophene rings is 1. The van der Waals surface area contributed by atoms with Gasteiger partial charge >= 0.3 is 0 Å². The number of carbonyl (C=O) groups excluding carboxylic acids is 1. The second kappa shape index (κ2) is 8.85. The van der Waals surface area contributed by atoms with E-state index in [-0.39, 0.29) is 12.5 Å². The van der Waals surface area contributed by atoms with Gasteiger partial charge in [-0.1, -0.05) is 37.3 Å². The van der Waals surface area contributed by atoms with Crippen molar-refractivity contribution in [2.45, 2.75) is 25.8 Å². The molecule has 3 rings (SSSR count). The van der Waals surface area contributed by atoms with Crippen LogP contribution >= 0.6 is 11.3 Å². The minimum absolute atomic E-state index is 0.105. The first kappa shape index (κ1) is 18.5. The van der Waals surface area contributed by atoms with E-state index in [9.17, 15) is 4.79 Å². The van der Waals surface area contributed by atoms with Gasteiger partial charge in [0.1, 0.15) is 0 Å². The molecule has 2 heterocycles. The molecule has 0 aliphatic carbocycles. The predicted molar refractivity (Wildman–Crippen MR) is 108 cm³/mol. The van der Waals surface area contributed by atoms with Crippen molar-refractivity contribution in [2.24, 2.45) is 4.99 Å². The van der Waals surface area contributed by atoms with Crippen LogP contribution in [-0.2, 0) is 17.8 Å². The molecule has 0 saturated heterocycles. The average Bonchev–Trinajstić information content (AvgIpc) is 3.22. The number of fused-ring (bicyclic) bond motifs is 1. The first-order chi connectivity index (χ1) is 12.7. The summed E-state index contributed by atoms with van der Waals surface area (Å²) >= 11 is 1.76. The number of hydrogen-bond donors (Lipinski definition) is 2. The summed E-state index contributed by atoms with van der Waals surface area (Å²) in [6, 6.07) is 12.6. The summed E-state index contributed by atoms with van der Waals surface area (Å²) in [4.78, 5) is 20.0. The third kappa shape index (κ3) is 4.64. The molecule has 1 aromatic carbocycles. The maximum atomic E-state index is 12.5. The van der Waals surface area contributed by atoms with E-state index in [1.54, 1.807) is 18.4 Å². The van der Waals surface area contributed by atoms with Gasteiger partial charge in [0.2, 0.25) is 5.91 Å². The number of nitrogens with one attached hydrogen (secondary N) is 2. The van der Waals surface area contributed by atoms with Gasteiger partial charge in [-0.3, -0.25) is 9.79 Å². The summed E-state index contributed by atoms with van der Waals surface area (Å²) in [5.74, 6) is 1.18. The summed E-state index contributed by atoms with van der Waals surface area (Å²) in [5, 5.41) is 8.54. The van der Waals surface area contributed by atoms with E-state index in [0.29, 0.717) is 18.4 Å². The number of rotatable bonds is 5. The number of amides is 1. The fourth-order valence-electron chi connectivity index (χ4n) is 3.12. The fraction of sp³-hybridized carbons (Fsp3) is 0.400. The normalized spacial score (nSPS) is 15.3. The molecule has 0 spiro atoms. The molecule has 2 N–H and O–H groups in total. The smallest absolute Gasteiger partial charge is 0.242 e. The van der Waals surface area contributed by atoms with Gasteiger partial charge in [0.15, 0.2) is 5.96 Å².